The summed E-state index contributed by atoms with van der Waals surface area (Å²) in [6.45, 7) is 0.671. The van der Waals surface area contributed by atoms with Crippen LogP contribution in [-0.4, -0.2) is 43.5 Å². The Bertz CT molecular complexity index is 976. The lowest BCUT2D eigenvalue weighted by Crippen LogP contribution is -2.15. The fourth-order valence-corrected chi connectivity index (χ4v) is 3.31. The Kier molecular flexibility index (Phi) is 5.23. The van der Waals surface area contributed by atoms with Gasteiger partial charge in [-0.1, -0.05) is 12.1 Å². The van der Waals surface area contributed by atoms with E-state index in [1.807, 2.05) is 12.1 Å². The van der Waals surface area contributed by atoms with Crippen LogP contribution in [0.25, 0.3) is 22.0 Å². The van der Waals surface area contributed by atoms with Gasteiger partial charge in [0, 0.05) is 30.1 Å². The molecule has 0 unspecified atom stereocenters. The zero-order chi connectivity index (χ0) is 19.6. The summed E-state index contributed by atoms with van der Waals surface area (Å²) in [5.74, 6) is 0.726. The maximum Gasteiger partial charge on any atom is 0.353 e. The van der Waals surface area contributed by atoms with Gasteiger partial charge in [-0.2, -0.15) is 0 Å². The van der Waals surface area contributed by atoms with Crippen LogP contribution in [-0.2, 0) is 6.54 Å². The minimum Gasteiger partial charge on any atom is -0.497 e. The van der Waals surface area contributed by atoms with Crippen LogP contribution in [0.2, 0.25) is 0 Å². The van der Waals surface area contributed by atoms with Gasteiger partial charge in [0.15, 0.2) is 11.5 Å². The smallest absolute Gasteiger partial charge is 0.353 e. The predicted octanol–water partition coefficient (Wildman–Crippen LogP) is 2.99. The average molecular weight is 370 g/mol. The van der Waals surface area contributed by atoms with E-state index in [4.69, 9.17) is 19.9 Å². The molecule has 0 radical (unpaired) electrons. The molecule has 0 spiro atoms. The number of hydrogen-bond donors (Lipinski definition) is 2. The predicted molar refractivity (Wildman–Crippen MR) is 103 cm³/mol. The highest BCUT2D eigenvalue weighted by molar-refractivity contribution is 6.09. The second-order valence-corrected chi connectivity index (χ2v) is 5.92. The summed E-state index contributed by atoms with van der Waals surface area (Å²) in [6.07, 6.45) is 0. The van der Waals surface area contributed by atoms with Gasteiger partial charge < -0.3 is 29.6 Å². The van der Waals surface area contributed by atoms with E-state index in [1.165, 1.54) is 0 Å². The van der Waals surface area contributed by atoms with Crippen LogP contribution in [0.3, 0.4) is 0 Å². The minimum atomic E-state index is -1.02. The number of benzene rings is 2. The highest BCUT2D eigenvalue weighted by Crippen LogP contribution is 2.41. The minimum absolute atomic E-state index is 0.177. The molecule has 0 aliphatic carbocycles. The molecule has 0 fully saturated rings. The number of fused-ring (bicyclic) bond motifs is 1. The number of ether oxygens (including phenoxy) is 3. The number of carbonyl (C=O) groups is 1. The highest BCUT2D eigenvalue weighted by Gasteiger charge is 2.25. The number of aromatic nitrogens is 1. The van der Waals surface area contributed by atoms with E-state index in [-0.39, 0.29) is 5.69 Å². The Labute approximate surface area is 156 Å². The molecule has 1 aromatic heterocycles. The van der Waals surface area contributed by atoms with E-state index in [0.717, 1.165) is 16.5 Å². The first kappa shape index (κ1) is 18.6. The second kappa shape index (κ2) is 7.59. The van der Waals surface area contributed by atoms with Crippen molar-refractivity contribution >= 4 is 16.9 Å². The molecule has 3 N–H and O–H groups in total. The highest BCUT2D eigenvalue weighted by atomic mass is 16.5. The Morgan fingerprint density at radius 1 is 1.04 bits per heavy atom. The lowest BCUT2D eigenvalue weighted by atomic mass is 10.0. The zero-order valence-corrected chi connectivity index (χ0v) is 15.5. The summed E-state index contributed by atoms with van der Waals surface area (Å²) in [5.41, 5.74) is 8.02. The fraction of sp³-hybridized carbons (Fsp3) is 0.250. The molecule has 7 heteroatoms. The monoisotopic (exact) mass is 370 g/mol. The summed E-state index contributed by atoms with van der Waals surface area (Å²) in [5, 5.41) is 10.7. The largest absolute Gasteiger partial charge is 0.497 e. The van der Waals surface area contributed by atoms with Crippen LogP contribution in [0.1, 0.15) is 10.5 Å². The maximum atomic E-state index is 12.1. The molecular formula is C20H22N2O5. The molecule has 0 bridgehead atoms. The number of carboxylic acids is 1. The molecule has 1 heterocycles. The maximum absolute atomic E-state index is 12.1. The van der Waals surface area contributed by atoms with Crippen molar-refractivity contribution in [3.8, 4) is 28.4 Å². The molecule has 27 heavy (non-hydrogen) atoms. The molecule has 0 aliphatic rings. The van der Waals surface area contributed by atoms with E-state index in [1.54, 1.807) is 50.2 Å². The normalized spacial score (nSPS) is 10.8. The van der Waals surface area contributed by atoms with Crippen molar-refractivity contribution in [3.63, 3.8) is 0 Å². The Hall–Kier alpha value is -3.19. The van der Waals surface area contributed by atoms with Crippen LogP contribution >= 0.6 is 0 Å². The quantitative estimate of drug-likeness (QED) is 0.664. The molecule has 0 aliphatic heterocycles. The topological polar surface area (TPSA) is 95.9 Å². The standard InChI is InChI=1S/C20H22N2O5/c1-25-13-6-4-12(5-7-13)18-14-10-16(26-2)17(27-3)11-15(14)22(9-8-21)19(18)20(23)24/h4-7,10-11H,8-9,21H2,1-3H3,(H,23,24). The Morgan fingerprint density at radius 3 is 2.19 bits per heavy atom. The first-order chi connectivity index (χ1) is 13.0. The lowest BCUT2D eigenvalue weighted by Gasteiger charge is -2.10. The molecule has 0 saturated heterocycles. The van der Waals surface area contributed by atoms with Gasteiger partial charge in [0.2, 0.25) is 0 Å². The molecular weight excluding hydrogens is 348 g/mol. The van der Waals surface area contributed by atoms with Gasteiger partial charge in [-0.15, -0.1) is 0 Å². The molecule has 3 rings (SSSR count). The van der Waals surface area contributed by atoms with Gasteiger partial charge in [0.25, 0.3) is 0 Å². The van der Waals surface area contributed by atoms with Gasteiger partial charge in [0.1, 0.15) is 11.4 Å². The lowest BCUT2D eigenvalue weighted by molar-refractivity contribution is 0.0686. The van der Waals surface area contributed by atoms with Gasteiger partial charge in [-0.25, -0.2) is 4.79 Å². The number of hydrogen-bond acceptors (Lipinski definition) is 5. The molecule has 0 saturated carbocycles. The summed E-state index contributed by atoms with van der Waals surface area (Å²) < 4.78 is 17.7. The van der Waals surface area contributed by atoms with Crippen LogP contribution in [0, 0.1) is 0 Å². The van der Waals surface area contributed by atoms with E-state index < -0.39 is 5.97 Å². The molecule has 0 atom stereocenters. The SMILES string of the molecule is COc1ccc(-c2c(C(=O)O)n(CCN)c3cc(OC)c(OC)cc23)cc1. The second-order valence-electron chi connectivity index (χ2n) is 5.92. The van der Waals surface area contributed by atoms with Crippen molar-refractivity contribution < 1.29 is 24.1 Å². The molecule has 3 aromatic rings. The number of aromatic carboxylic acids is 1. The first-order valence-electron chi connectivity index (χ1n) is 8.41. The fourth-order valence-electron chi connectivity index (χ4n) is 3.31. The van der Waals surface area contributed by atoms with Crippen LogP contribution < -0.4 is 19.9 Å². The third-order valence-electron chi connectivity index (χ3n) is 4.50. The number of nitrogens with zero attached hydrogens (tertiary/aromatic N) is 1. The van der Waals surface area contributed by atoms with Gasteiger partial charge >= 0.3 is 5.97 Å². The number of rotatable bonds is 7. The number of nitrogens with two attached hydrogens (primary N) is 1. The average Bonchev–Trinajstić information content (AvgIpc) is 3.00. The number of carboxylic acid groups (broad SMARTS) is 1. The van der Waals surface area contributed by atoms with Crippen LogP contribution in [0.5, 0.6) is 17.2 Å². The Balaban J connectivity index is 2.41. The van der Waals surface area contributed by atoms with Gasteiger partial charge in [0.05, 0.1) is 26.8 Å². The Morgan fingerprint density at radius 2 is 1.67 bits per heavy atom. The van der Waals surface area contributed by atoms with E-state index in [9.17, 15) is 9.90 Å². The van der Waals surface area contributed by atoms with Crippen molar-refractivity contribution in [1.29, 1.82) is 0 Å². The van der Waals surface area contributed by atoms with Crippen molar-refractivity contribution in [2.75, 3.05) is 27.9 Å². The third-order valence-corrected chi connectivity index (χ3v) is 4.50. The van der Waals surface area contributed by atoms with Crippen LogP contribution in [0.15, 0.2) is 36.4 Å². The van der Waals surface area contributed by atoms with Gasteiger partial charge in [-0.3, -0.25) is 0 Å². The van der Waals surface area contributed by atoms with E-state index in [2.05, 4.69) is 0 Å². The van der Waals surface area contributed by atoms with Crippen molar-refractivity contribution in [3.05, 3.63) is 42.1 Å². The van der Waals surface area contributed by atoms with Crippen molar-refractivity contribution in [1.82, 2.24) is 4.57 Å². The van der Waals surface area contributed by atoms with Crippen LogP contribution in [0.4, 0.5) is 0 Å². The van der Waals surface area contributed by atoms with Crippen molar-refractivity contribution in [2.24, 2.45) is 5.73 Å². The van der Waals surface area contributed by atoms with Crippen molar-refractivity contribution in [2.45, 2.75) is 6.54 Å². The van der Waals surface area contributed by atoms with Gasteiger partial charge in [-0.05, 0) is 23.8 Å². The summed E-state index contributed by atoms with van der Waals surface area (Å²) in [4.78, 5) is 12.1. The molecule has 142 valence electrons. The summed E-state index contributed by atoms with van der Waals surface area (Å²) in [7, 11) is 4.68. The molecule has 7 nitrogen and oxygen atoms in total. The number of methoxy groups -OCH3 is 3. The summed E-state index contributed by atoms with van der Waals surface area (Å²) in [6, 6.07) is 10.9. The molecule has 2 aromatic carbocycles. The molecule has 0 amide bonds. The zero-order valence-electron chi connectivity index (χ0n) is 15.5. The summed E-state index contributed by atoms with van der Waals surface area (Å²) >= 11 is 0. The first-order valence-corrected chi connectivity index (χ1v) is 8.41. The third kappa shape index (κ3) is 3.17. The van der Waals surface area contributed by atoms with E-state index >= 15 is 0 Å². The van der Waals surface area contributed by atoms with E-state index in [0.29, 0.717) is 35.9 Å².